The van der Waals surface area contributed by atoms with Crippen molar-refractivity contribution in [3.8, 4) is 11.1 Å². The maximum atomic E-state index is 13.0. The van der Waals surface area contributed by atoms with Crippen molar-refractivity contribution in [1.82, 2.24) is 5.32 Å². The van der Waals surface area contributed by atoms with Crippen molar-refractivity contribution in [3.05, 3.63) is 94.5 Å². The maximum absolute atomic E-state index is 13.0. The van der Waals surface area contributed by atoms with Gasteiger partial charge in [-0.1, -0.05) is 66.7 Å². The number of aryl methyl sites for hydroxylation is 1. The molecule has 0 saturated heterocycles. The number of esters is 1. The SMILES string of the molecule is Cc1cccc(C[C@H](NC(=O)OCC2c3ccccc3-c3ccccc32)C(=O)OC(C)(C)C)c1C. The van der Waals surface area contributed by atoms with Crippen LogP contribution >= 0.6 is 0 Å². The minimum atomic E-state index is -0.856. The van der Waals surface area contributed by atoms with E-state index < -0.39 is 23.7 Å². The van der Waals surface area contributed by atoms with Crippen LogP contribution in [0, 0.1) is 13.8 Å². The number of fused-ring (bicyclic) bond motifs is 3. The Morgan fingerprint density at radius 3 is 2.09 bits per heavy atom. The smallest absolute Gasteiger partial charge is 0.407 e. The monoisotopic (exact) mass is 471 g/mol. The van der Waals surface area contributed by atoms with E-state index >= 15 is 0 Å². The highest BCUT2D eigenvalue weighted by Crippen LogP contribution is 2.44. The second-order valence-electron chi connectivity index (χ2n) is 10.1. The predicted octanol–water partition coefficient (Wildman–Crippen LogP) is 6.09. The summed E-state index contributed by atoms with van der Waals surface area (Å²) < 4.78 is 11.3. The quantitative estimate of drug-likeness (QED) is 0.442. The number of ether oxygens (including phenoxy) is 2. The van der Waals surface area contributed by atoms with Crippen LogP contribution in [-0.4, -0.2) is 30.3 Å². The number of hydrogen-bond acceptors (Lipinski definition) is 4. The largest absolute Gasteiger partial charge is 0.458 e. The molecule has 1 atom stereocenters. The van der Waals surface area contributed by atoms with Gasteiger partial charge in [-0.05, 0) is 73.6 Å². The molecule has 182 valence electrons. The third-order valence-corrected chi connectivity index (χ3v) is 6.47. The van der Waals surface area contributed by atoms with Gasteiger partial charge in [0.2, 0.25) is 0 Å². The molecule has 0 radical (unpaired) electrons. The number of benzene rings is 3. The average Bonchev–Trinajstić information content (AvgIpc) is 3.13. The second kappa shape index (κ2) is 9.95. The first-order valence-electron chi connectivity index (χ1n) is 12.0. The molecule has 0 aromatic heterocycles. The summed E-state index contributed by atoms with van der Waals surface area (Å²) in [5.41, 5.74) is 7.15. The molecule has 5 nitrogen and oxygen atoms in total. The Bertz CT molecular complexity index is 1200. The van der Waals surface area contributed by atoms with E-state index in [1.54, 1.807) is 0 Å². The van der Waals surface area contributed by atoms with Crippen LogP contribution in [0.15, 0.2) is 66.7 Å². The van der Waals surface area contributed by atoms with Crippen LogP contribution in [-0.2, 0) is 20.7 Å². The topological polar surface area (TPSA) is 64.6 Å². The lowest BCUT2D eigenvalue weighted by atomic mass is 9.97. The molecule has 1 aliphatic carbocycles. The van der Waals surface area contributed by atoms with Crippen LogP contribution in [0.2, 0.25) is 0 Å². The van der Waals surface area contributed by atoms with Crippen molar-refractivity contribution >= 4 is 12.1 Å². The van der Waals surface area contributed by atoms with Crippen LogP contribution in [0.3, 0.4) is 0 Å². The molecule has 1 N–H and O–H groups in total. The Morgan fingerprint density at radius 1 is 0.886 bits per heavy atom. The Labute approximate surface area is 207 Å². The second-order valence-corrected chi connectivity index (χ2v) is 10.1. The molecular weight excluding hydrogens is 438 g/mol. The van der Waals surface area contributed by atoms with Gasteiger partial charge in [0.25, 0.3) is 0 Å². The van der Waals surface area contributed by atoms with Gasteiger partial charge >= 0.3 is 12.1 Å². The maximum Gasteiger partial charge on any atom is 0.407 e. The van der Waals surface area contributed by atoms with Crippen molar-refractivity contribution in [2.45, 2.75) is 58.6 Å². The number of alkyl carbamates (subject to hydrolysis) is 1. The summed E-state index contributed by atoms with van der Waals surface area (Å²) in [5.74, 6) is -0.529. The van der Waals surface area contributed by atoms with Gasteiger partial charge in [-0.2, -0.15) is 0 Å². The minimum Gasteiger partial charge on any atom is -0.458 e. The molecule has 0 aliphatic heterocycles. The van der Waals surface area contributed by atoms with Crippen molar-refractivity contribution in [1.29, 1.82) is 0 Å². The number of carbonyl (C=O) groups excluding carboxylic acids is 2. The van der Waals surface area contributed by atoms with E-state index in [0.717, 1.165) is 27.8 Å². The summed E-state index contributed by atoms with van der Waals surface area (Å²) in [4.78, 5) is 25.9. The number of nitrogens with one attached hydrogen (secondary N) is 1. The van der Waals surface area contributed by atoms with E-state index in [-0.39, 0.29) is 12.5 Å². The molecule has 0 spiro atoms. The number of hydrogen-bond donors (Lipinski definition) is 1. The molecule has 0 fully saturated rings. The van der Waals surface area contributed by atoms with Gasteiger partial charge in [-0.25, -0.2) is 9.59 Å². The Morgan fingerprint density at radius 2 is 1.49 bits per heavy atom. The lowest BCUT2D eigenvalue weighted by Crippen LogP contribution is -2.46. The first-order valence-corrected chi connectivity index (χ1v) is 12.0. The van der Waals surface area contributed by atoms with Gasteiger partial charge in [-0.15, -0.1) is 0 Å². The average molecular weight is 472 g/mol. The molecule has 35 heavy (non-hydrogen) atoms. The molecule has 1 amide bonds. The van der Waals surface area contributed by atoms with Gasteiger partial charge in [0.05, 0.1) is 0 Å². The van der Waals surface area contributed by atoms with E-state index in [9.17, 15) is 9.59 Å². The molecule has 0 bridgehead atoms. The molecule has 4 rings (SSSR count). The highest BCUT2D eigenvalue weighted by Gasteiger charge is 2.31. The van der Waals surface area contributed by atoms with Crippen LogP contribution in [0.4, 0.5) is 4.79 Å². The Kier molecular flexibility index (Phi) is 6.97. The summed E-state index contributed by atoms with van der Waals surface area (Å²) >= 11 is 0. The highest BCUT2D eigenvalue weighted by atomic mass is 16.6. The predicted molar refractivity (Wildman–Crippen MR) is 137 cm³/mol. The first-order chi connectivity index (χ1) is 16.6. The zero-order valence-corrected chi connectivity index (χ0v) is 21.1. The van der Waals surface area contributed by atoms with Crippen LogP contribution in [0.1, 0.15) is 54.5 Å². The zero-order chi connectivity index (χ0) is 25.2. The van der Waals surface area contributed by atoms with Gasteiger partial charge < -0.3 is 14.8 Å². The third kappa shape index (κ3) is 5.56. The number of amides is 1. The summed E-state index contributed by atoms with van der Waals surface area (Å²) in [6, 6.07) is 21.5. The molecule has 0 saturated carbocycles. The van der Waals surface area contributed by atoms with Crippen molar-refractivity contribution in [2.24, 2.45) is 0 Å². The number of carbonyl (C=O) groups is 2. The van der Waals surface area contributed by atoms with Gasteiger partial charge in [0.15, 0.2) is 0 Å². The van der Waals surface area contributed by atoms with Crippen molar-refractivity contribution < 1.29 is 19.1 Å². The highest BCUT2D eigenvalue weighted by molar-refractivity contribution is 5.82. The lowest BCUT2D eigenvalue weighted by Gasteiger charge is -2.25. The minimum absolute atomic E-state index is 0.0489. The Balaban J connectivity index is 1.49. The van der Waals surface area contributed by atoms with Gasteiger partial charge in [0, 0.05) is 12.3 Å². The molecule has 0 unspecified atom stereocenters. The van der Waals surface area contributed by atoms with E-state index in [0.29, 0.717) is 6.42 Å². The lowest BCUT2D eigenvalue weighted by molar-refractivity contribution is -0.157. The van der Waals surface area contributed by atoms with E-state index in [1.807, 2.05) is 77.1 Å². The van der Waals surface area contributed by atoms with Crippen LogP contribution < -0.4 is 5.32 Å². The third-order valence-electron chi connectivity index (χ3n) is 6.47. The summed E-state index contributed by atoms with van der Waals surface area (Å²) in [6.45, 7) is 9.67. The van der Waals surface area contributed by atoms with Crippen LogP contribution in [0.5, 0.6) is 0 Å². The molecule has 5 heteroatoms. The number of rotatable bonds is 6. The standard InChI is InChI=1S/C30H33NO4/c1-19-11-10-12-21(20(19)2)17-27(28(32)35-30(3,4)5)31-29(33)34-18-26-24-15-8-6-13-22(24)23-14-7-9-16-25(23)26/h6-16,26-27H,17-18H2,1-5H3,(H,31,33)/t27-/m0/s1. The molecular formula is C30H33NO4. The van der Waals surface area contributed by atoms with Crippen molar-refractivity contribution in [3.63, 3.8) is 0 Å². The van der Waals surface area contributed by atoms with E-state index in [4.69, 9.17) is 9.47 Å². The van der Waals surface area contributed by atoms with E-state index in [2.05, 4.69) is 29.6 Å². The van der Waals surface area contributed by atoms with Crippen molar-refractivity contribution in [2.75, 3.05) is 6.61 Å². The molecule has 3 aromatic carbocycles. The molecule has 1 aliphatic rings. The molecule has 3 aromatic rings. The van der Waals surface area contributed by atoms with E-state index in [1.165, 1.54) is 11.1 Å². The summed E-state index contributed by atoms with van der Waals surface area (Å²) in [6.07, 6.45) is -0.305. The normalized spacial score (nSPS) is 13.5. The molecule has 0 heterocycles. The fourth-order valence-corrected chi connectivity index (χ4v) is 4.60. The van der Waals surface area contributed by atoms with Gasteiger partial charge in [0.1, 0.15) is 18.2 Å². The fourth-order valence-electron chi connectivity index (χ4n) is 4.60. The Hall–Kier alpha value is -3.60. The first kappa shape index (κ1) is 24.5. The fraction of sp³-hybridized carbons (Fsp3) is 0.333. The zero-order valence-electron chi connectivity index (χ0n) is 21.1. The summed E-state index contributed by atoms with van der Waals surface area (Å²) in [7, 11) is 0. The summed E-state index contributed by atoms with van der Waals surface area (Å²) in [5, 5.41) is 2.77. The van der Waals surface area contributed by atoms with Gasteiger partial charge in [-0.3, -0.25) is 0 Å². The van der Waals surface area contributed by atoms with Crippen LogP contribution in [0.25, 0.3) is 11.1 Å².